The number of alkyl carbamates (subject to hydrolysis) is 2. The fraction of sp³-hybridized carbons (Fsp3) is 0.400. The van der Waals surface area contributed by atoms with E-state index in [0.29, 0.717) is 71.8 Å². The molecular weight excluding hydrogens is 890 g/mol. The molecule has 69 heavy (non-hydrogen) atoms. The number of benzene rings is 3. The zero-order valence-electron chi connectivity index (χ0n) is 39.1. The minimum atomic E-state index is -0.785. The number of nitrogens with zero attached hydrogens (tertiary/aromatic N) is 5. The van der Waals surface area contributed by atoms with E-state index >= 15 is 4.39 Å². The van der Waals surface area contributed by atoms with Crippen molar-refractivity contribution in [2.45, 2.75) is 83.8 Å². The molecular formula is C50H54FN9O9. The van der Waals surface area contributed by atoms with Crippen LogP contribution in [0.5, 0.6) is 17.2 Å². The third-order valence-electron chi connectivity index (χ3n) is 13.6. The number of carbonyl (C=O) groups excluding carboxylic acids is 4. The number of nitrogens with one attached hydrogen (secondary N) is 4. The molecule has 19 heteroatoms. The number of hydrogen-bond donors (Lipinski definition) is 4. The van der Waals surface area contributed by atoms with E-state index in [9.17, 15) is 19.2 Å². The van der Waals surface area contributed by atoms with Gasteiger partial charge in [0.25, 0.3) is 0 Å². The van der Waals surface area contributed by atoms with Gasteiger partial charge >= 0.3 is 12.2 Å². The summed E-state index contributed by atoms with van der Waals surface area (Å²) in [6.45, 7) is 8.60. The van der Waals surface area contributed by atoms with Gasteiger partial charge in [-0.15, -0.1) is 0 Å². The summed E-state index contributed by atoms with van der Waals surface area (Å²) in [7, 11) is 2.53. The molecule has 18 nitrogen and oxygen atoms in total. The van der Waals surface area contributed by atoms with Gasteiger partial charge in [-0.05, 0) is 86.1 Å². The molecule has 0 spiro atoms. The molecule has 1 unspecified atom stereocenters. The first kappa shape index (κ1) is 45.2. The number of rotatable bonds is 11. The number of methoxy groups -OCH3 is 2. The van der Waals surface area contributed by atoms with Crippen molar-refractivity contribution in [1.29, 1.82) is 0 Å². The second kappa shape index (κ2) is 18.2. The lowest BCUT2D eigenvalue weighted by molar-refractivity contribution is -0.136. The summed E-state index contributed by atoms with van der Waals surface area (Å²) in [5.41, 5.74) is 5.06. The number of imidazole rings is 2. The predicted octanol–water partition coefficient (Wildman–Crippen LogP) is 7.98. The fourth-order valence-electron chi connectivity index (χ4n) is 10.1. The van der Waals surface area contributed by atoms with E-state index in [-0.39, 0.29) is 48.1 Å². The van der Waals surface area contributed by atoms with Crippen molar-refractivity contribution >= 4 is 34.9 Å². The number of likely N-dealkylation sites (tertiary alicyclic amines) is 2. The highest BCUT2D eigenvalue weighted by Crippen LogP contribution is 2.48. The SMILES string of the molecule is COC(=O)N[C@H](C(=O)N1CCC[C@H]1c1ncc(-c2cc(F)c3c(c2)OC(c2ccc4c(c2)OCO4)n2c-3cc3cc(-c4cnc([C@@H]5CCCN5C(=O)[C@@H](NC(=O)OC)C(C)C)[nH]4)ccc32)[nH]1)C(C)C. The standard InChI is InChI=1S/C50H54FN9O9/c1-25(2)42(56-49(63)65-5)46(61)58-15-7-9-35(58)44-52-22-32(54-44)27-11-13-34-30(17-27)19-37-41-31(51)18-29(21-40(41)69-48(60(34)37)28-12-14-38-39(20-28)68-24-67-38)33-23-53-45(55-33)36-10-8-16-59(36)47(62)43(26(3)4)57-50(64)66-6/h11-14,17-23,25-26,35-36,42-43,48H,7-10,15-16,24H2,1-6H3,(H,52,54)(H,53,55)(H,56,63)(H,57,64)/t35-,36-,42-,43-,48?/m0/s1. The number of amides is 4. The van der Waals surface area contributed by atoms with Gasteiger partial charge in [0.2, 0.25) is 24.8 Å². The third-order valence-corrected chi connectivity index (χ3v) is 13.6. The number of hydrogen-bond acceptors (Lipinski definition) is 11. The zero-order valence-corrected chi connectivity index (χ0v) is 39.1. The van der Waals surface area contributed by atoms with Gasteiger partial charge in [-0.3, -0.25) is 9.59 Å². The lowest BCUT2D eigenvalue weighted by Crippen LogP contribution is -2.51. The molecule has 10 rings (SSSR count). The molecule has 6 aromatic rings. The number of halogens is 1. The second-order valence-electron chi connectivity index (χ2n) is 18.5. The van der Waals surface area contributed by atoms with E-state index in [0.717, 1.165) is 40.6 Å². The first-order chi connectivity index (χ1) is 33.3. The van der Waals surface area contributed by atoms with Gasteiger partial charge in [-0.2, -0.15) is 0 Å². The quantitative estimate of drug-likeness (QED) is 0.0979. The van der Waals surface area contributed by atoms with Crippen LogP contribution in [0.1, 0.15) is 88.9 Å². The maximum absolute atomic E-state index is 16.9. The smallest absolute Gasteiger partial charge is 0.407 e. The van der Waals surface area contributed by atoms with Crippen LogP contribution in [0, 0.1) is 17.7 Å². The fourth-order valence-corrected chi connectivity index (χ4v) is 10.1. The van der Waals surface area contributed by atoms with Gasteiger partial charge < -0.3 is 58.7 Å². The minimum absolute atomic E-state index is 0.0965. The van der Waals surface area contributed by atoms with Crippen molar-refractivity contribution in [2.24, 2.45) is 11.8 Å². The Hall–Kier alpha value is -7.57. The molecule has 4 aliphatic heterocycles. The molecule has 7 heterocycles. The molecule has 0 aliphatic carbocycles. The van der Waals surface area contributed by atoms with Gasteiger partial charge in [0.1, 0.15) is 35.3 Å². The maximum atomic E-state index is 16.9. The van der Waals surface area contributed by atoms with Gasteiger partial charge in [0, 0.05) is 35.2 Å². The van der Waals surface area contributed by atoms with Crippen LogP contribution in [-0.2, 0) is 19.1 Å². The molecule has 4 aliphatic rings. The number of ether oxygens (including phenoxy) is 5. The predicted molar refractivity (Wildman–Crippen MR) is 250 cm³/mol. The van der Waals surface area contributed by atoms with Crippen LogP contribution in [0.4, 0.5) is 14.0 Å². The molecule has 5 atom stereocenters. The molecule has 3 aromatic carbocycles. The van der Waals surface area contributed by atoms with Crippen LogP contribution in [-0.4, -0.2) is 104 Å². The zero-order chi connectivity index (χ0) is 48.2. The highest BCUT2D eigenvalue weighted by molar-refractivity contribution is 5.93. The van der Waals surface area contributed by atoms with Crippen LogP contribution in [0.15, 0.2) is 67.0 Å². The van der Waals surface area contributed by atoms with E-state index < -0.39 is 36.3 Å². The largest absolute Gasteiger partial charge is 0.465 e. The van der Waals surface area contributed by atoms with Crippen LogP contribution in [0.25, 0.3) is 44.7 Å². The highest BCUT2D eigenvalue weighted by atomic mass is 19.1. The summed E-state index contributed by atoms with van der Waals surface area (Å²) >= 11 is 0. The van der Waals surface area contributed by atoms with Crippen molar-refractivity contribution in [3.63, 3.8) is 0 Å². The third kappa shape index (κ3) is 8.22. The second-order valence-corrected chi connectivity index (χ2v) is 18.5. The summed E-state index contributed by atoms with van der Waals surface area (Å²) in [5.74, 6) is 1.42. The molecule has 4 N–H and O–H groups in total. The van der Waals surface area contributed by atoms with Gasteiger partial charge in [-0.25, -0.2) is 23.9 Å². The van der Waals surface area contributed by atoms with E-state index in [1.165, 1.54) is 20.3 Å². The monoisotopic (exact) mass is 943 g/mol. The van der Waals surface area contributed by atoms with Crippen LogP contribution in [0.2, 0.25) is 0 Å². The van der Waals surface area contributed by atoms with Crippen molar-refractivity contribution in [3.05, 3.63) is 90.0 Å². The van der Waals surface area contributed by atoms with Gasteiger partial charge in [-0.1, -0.05) is 33.8 Å². The normalized spacial score (nSPS) is 19.1. The summed E-state index contributed by atoms with van der Waals surface area (Å²) in [4.78, 5) is 71.7. The maximum Gasteiger partial charge on any atom is 0.407 e. The Balaban J connectivity index is 0.975. The Morgan fingerprint density at radius 3 is 1.91 bits per heavy atom. The minimum Gasteiger partial charge on any atom is -0.465 e. The van der Waals surface area contributed by atoms with E-state index in [1.807, 2.05) is 74.7 Å². The van der Waals surface area contributed by atoms with Gasteiger partial charge in [0.05, 0.1) is 66.9 Å². The number of carbonyl (C=O) groups is 4. The number of aromatic amines is 2. The Morgan fingerprint density at radius 2 is 1.32 bits per heavy atom. The Bertz CT molecular complexity index is 2980. The molecule has 3 aromatic heterocycles. The Kier molecular flexibility index (Phi) is 11.9. The van der Waals surface area contributed by atoms with E-state index in [4.69, 9.17) is 28.7 Å². The van der Waals surface area contributed by atoms with Crippen LogP contribution < -0.4 is 24.8 Å². The molecule has 2 saturated heterocycles. The number of H-pyrrole nitrogens is 2. The Labute approximate surface area is 396 Å². The van der Waals surface area contributed by atoms with Crippen molar-refractivity contribution in [1.82, 2.24) is 44.9 Å². The molecule has 0 radical (unpaired) electrons. The van der Waals surface area contributed by atoms with Crippen LogP contribution >= 0.6 is 0 Å². The summed E-state index contributed by atoms with van der Waals surface area (Å²) in [6, 6.07) is 14.6. The average molecular weight is 944 g/mol. The summed E-state index contributed by atoms with van der Waals surface area (Å²) < 4.78 is 46.7. The summed E-state index contributed by atoms with van der Waals surface area (Å²) in [6.07, 6.45) is 4.20. The van der Waals surface area contributed by atoms with Crippen LogP contribution in [0.3, 0.4) is 0 Å². The highest BCUT2D eigenvalue weighted by Gasteiger charge is 2.40. The van der Waals surface area contributed by atoms with E-state index in [1.54, 1.807) is 28.3 Å². The Morgan fingerprint density at radius 1 is 0.725 bits per heavy atom. The number of aromatic nitrogens is 5. The lowest BCUT2D eigenvalue weighted by Gasteiger charge is -2.31. The van der Waals surface area contributed by atoms with Crippen molar-refractivity contribution < 1.29 is 47.3 Å². The van der Waals surface area contributed by atoms with Crippen molar-refractivity contribution in [2.75, 3.05) is 34.1 Å². The molecule has 4 amide bonds. The first-order valence-corrected chi connectivity index (χ1v) is 23.3. The van der Waals surface area contributed by atoms with Crippen molar-refractivity contribution in [3.8, 4) is 51.0 Å². The van der Waals surface area contributed by atoms with E-state index in [2.05, 4.69) is 25.6 Å². The topological polar surface area (TPSA) is 207 Å². The summed E-state index contributed by atoms with van der Waals surface area (Å²) in [5, 5.41) is 6.20. The number of fused-ring (bicyclic) bond motifs is 6. The molecule has 2 fully saturated rings. The lowest BCUT2D eigenvalue weighted by atomic mass is 10.0. The van der Waals surface area contributed by atoms with Gasteiger partial charge in [0.15, 0.2) is 11.5 Å². The molecule has 0 bridgehead atoms. The molecule has 0 saturated carbocycles. The first-order valence-electron chi connectivity index (χ1n) is 23.3. The molecule has 360 valence electrons. The average Bonchev–Trinajstić information content (AvgIpc) is 4.20.